The molecule has 2 N–H and O–H groups in total. The molecule has 0 saturated carbocycles. The first-order chi connectivity index (χ1) is 6.70. The van der Waals surface area contributed by atoms with Crippen molar-refractivity contribution in [3.05, 3.63) is 35.4 Å². The zero-order valence-electron chi connectivity index (χ0n) is 7.75. The summed E-state index contributed by atoms with van der Waals surface area (Å²) >= 11 is 5.90. The zero-order chi connectivity index (χ0) is 10.1. The molecule has 0 aromatic heterocycles. The van der Waals surface area contributed by atoms with Gasteiger partial charge in [-0.1, -0.05) is 17.7 Å². The van der Waals surface area contributed by atoms with E-state index < -0.39 is 0 Å². The average Bonchev–Trinajstić information content (AvgIpc) is 2.17. The molecule has 0 fully saturated rings. The summed E-state index contributed by atoms with van der Waals surface area (Å²) < 4.78 is 5.22. The Morgan fingerprint density at radius 2 is 2.00 bits per heavy atom. The molecule has 3 heteroatoms. The molecule has 14 heavy (non-hydrogen) atoms. The van der Waals surface area contributed by atoms with Crippen LogP contribution in [0.5, 0.6) is 5.75 Å². The van der Waals surface area contributed by atoms with E-state index in [1.54, 1.807) is 13.2 Å². The van der Waals surface area contributed by atoms with Gasteiger partial charge in [0.2, 0.25) is 0 Å². The summed E-state index contributed by atoms with van der Waals surface area (Å²) in [6, 6.07) is 9.32. The summed E-state index contributed by atoms with van der Waals surface area (Å²) in [7, 11) is 1.62. The van der Waals surface area contributed by atoms with Crippen molar-refractivity contribution in [2.75, 3.05) is 12.8 Å². The second-order valence-electron chi connectivity index (χ2n) is 3.09. The van der Waals surface area contributed by atoms with Crippen molar-refractivity contribution >= 4 is 28.1 Å². The van der Waals surface area contributed by atoms with Crippen LogP contribution >= 0.6 is 11.6 Å². The van der Waals surface area contributed by atoms with Gasteiger partial charge in [-0.2, -0.15) is 0 Å². The van der Waals surface area contributed by atoms with Crippen molar-refractivity contribution in [3.63, 3.8) is 0 Å². The Morgan fingerprint density at radius 3 is 2.71 bits per heavy atom. The van der Waals surface area contributed by atoms with Gasteiger partial charge >= 0.3 is 0 Å². The number of nitrogen functional groups attached to an aromatic ring is 1. The van der Waals surface area contributed by atoms with Crippen molar-refractivity contribution in [1.29, 1.82) is 0 Å². The highest BCUT2D eigenvalue weighted by Crippen LogP contribution is 2.30. The fourth-order valence-electron chi connectivity index (χ4n) is 1.49. The molecule has 0 aliphatic carbocycles. The minimum Gasteiger partial charge on any atom is -0.496 e. The Morgan fingerprint density at radius 1 is 1.21 bits per heavy atom. The molecule has 0 aliphatic heterocycles. The third-order valence-corrected chi connectivity index (χ3v) is 2.36. The average molecular weight is 208 g/mol. The molecule has 0 amide bonds. The highest BCUT2D eigenvalue weighted by atomic mass is 35.5. The molecule has 0 heterocycles. The van der Waals surface area contributed by atoms with Crippen molar-refractivity contribution in [2.45, 2.75) is 0 Å². The molecular weight excluding hydrogens is 198 g/mol. The van der Waals surface area contributed by atoms with Crippen molar-refractivity contribution in [1.82, 2.24) is 0 Å². The van der Waals surface area contributed by atoms with Crippen molar-refractivity contribution in [3.8, 4) is 5.75 Å². The predicted molar refractivity (Wildman–Crippen MR) is 59.9 cm³/mol. The standard InChI is InChI=1S/C11H10ClNO/c1-14-11-6-9(13)4-7-2-3-8(12)5-10(7)11/h2-6H,13H2,1H3. The predicted octanol–water partition coefficient (Wildman–Crippen LogP) is 3.08. The summed E-state index contributed by atoms with van der Waals surface area (Å²) in [6.07, 6.45) is 0. The van der Waals surface area contributed by atoms with Gasteiger partial charge in [0.15, 0.2) is 0 Å². The molecule has 0 spiro atoms. The first-order valence-electron chi connectivity index (χ1n) is 4.23. The number of halogens is 1. The number of nitrogens with two attached hydrogens (primary N) is 1. The summed E-state index contributed by atoms with van der Waals surface area (Å²) in [4.78, 5) is 0. The smallest absolute Gasteiger partial charge is 0.128 e. The molecule has 72 valence electrons. The van der Waals surface area contributed by atoms with E-state index in [9.17, 15) is 0 Å². The summed E-state index contributed by atoms with van der Waals surface area (Å²) in [5.74, 6) is 0.752. The number of hydrogen-bond donors (Lipinski definition) is 1. The zero-order valence-corrected chi connectivity index (χ0v) is 8.51. The Balaban J connectivity index is 2.81. The maximum atomic E-state index is 5.90. The van der Waals surface area contributed by atoms with Gasteiger partial charge in [0, 0.05) is 22.2 Å². The quantitative estimate of drug-likeness (QED) is 0.730. The molecule has 0 saturated heterocycles. The number of methoxy groups -OCH3 is 1. The van der Waals surface area contributed by atoms with Gasteiger partial charge in [-0.05, 0) is 23.6 Å². The molecule has 0 unspecified atom stereocenters. The van der Waals surface area contributed by atoms with Gasteiger partial charge in [0.1, 0.15) is 5.75 Å². The highest BCUT2D eigenvalue weighted by molar-refractivity contribution is 6.31. The van der Waals surface area contributed by atoms with Crippen LogP contribution in [0.3, 0.4) is 0 Å². The van der Waals surface area contributed by atoms with Gasteiger partial charge in [-0.25, -0.2) is 0 Å². The normalized spacial score (nSPS) is 10.4. The molecule has 0 aliphatic rings. The topological polar surface area (TPSA) is 35.2 Å². The number of fused-ring (bicyclic) bond motifs is 1. The van der Waals surface area contributed by atoms with E-state index in [4.69, 9.17) is 22.1 Å². The molecule has 0 bridgehead atoms. The molecule has 0 atom stereocenters. The number of hydrogen-bond acceptors (Lipinski definition) is 2. The van der Waals surface area contributed by atoms with Gasteiger partial charge in [-0.15, -0.1) is 0 Å². The van der Waals surface area contributed by atoms with Crippen LogP contribution in [0.15, 0.2) is 30.3 Å². The van der Waals surface area contributed by atoms with Gasteiger partial charge < -0.3 is 10.5 Å². The number of ether oxygens (including phenoxy) is 1. The van der Waals surface area contributed by atoms with Gasteiger partial charge in [-0.3, -0.25) is 0 Å². The fourth-order valence-corrected chi connectivity index (χ4v) is 1.66. The molecular formula is C11H10ClNO. The SMILES string of the molecule is COc1cc(N)cc2ccc(Cl)cc12. The maximum Gasteiger partial charge on any atom is 0.128 e. The largest absolute Gasteiger partial charge is 0.496 e. The van der Waals surface area contributed by atoms with E-state index in [0.29, 0.717) is 10.7 Å². The Hall–Kier alpha value is -1.41. The van der Waals surface area contributed by atoms with Crippen LogP contribution in [0.2, 0.25) is 5.02 Å². The van der Waals surface area contributed by atoms with Crippen LogP contribution in [0, 0.1) is 0 Å². The third kappa shape index (κ3) is 1.49. The van der Waals surface area contributed by atoms with Crippen molar-refractivity contribution in [2.24, 2.45) is 0 Å². The lowest BCUT2D eigenvalue weighted by molar-refractivity contribution is 0.420. The van der Waals surface area contributed by atoms with Crippen molar-refractivity contribution < 1.29 is 4.74 Å². The van der Waals surface area contributed by atoms with E-state index in [-0.39, 0.29) is 0 Å². The van der Waals surface area contributed by atoms with Crippen LogP contribution in [-0.2, 0) is 0 Å². The van der Waals surface area contributed by atoms with Crippen LogP contribution in [0.25, 0.3) is 10.8 Å². The monoisotopic (exact) mass is 207 g/mol. The molecule has 2 nitrogen and oxygen atoms in total. The molecule has 0 radical (unpaired) electrons. The fraction of sp³-hybridized carbons (Fsp3) is 0.0909. The first kappa shape index (κ1) is 9.16. The van der Waals surface area contributed by atoms with Crippen LogP contribution in [0.4, 0.5) is 5.69 Å². The molecule has 2 aromatic rings. The minimum atomic E-state index is 0.691. The Bertz CT molecular complexity index is 482. The lowest BCUT2D eigenvalue weighted by Crippen LogP contribution is -1.89. The van der Waals surface area contributed by atoms with Crippen LogP contribution < -0.4 is 10.5 Å². The Labute approximate surface area is 87.2 Å². The van der Waals surface area contributed by atoms with Gasteiger partial charge in [0.05, 0.1) is 7.11 Å². The lowest BCUT2D eigenvalue weighted by atomic mass is 10.1. The summed E-state index contributed by atoms with van der Waals surface area (Å²) in [5.41, 5.74) is 6.42. The summed E-state index contributed by atoms with van der Waals surface area (Å²) in [6.45, 7) is 0. The van der Waals surface area contributed by atoms with Crippen LogP contribution in [0.1, 0.15) is 0 Å². The number of benzene rings is 2. The Kier molecular flexibility index (Phi) is 2.22. The van der Waals surface area contributed by atoms with E-state index in [1.807, 2.05) is 24.3 Å². The van der Waals surface area contributed by atoms with E-state index in [0.717, 1.165) is 16.5 Å². The van der Waals surface area contributed by atoms with E-state index in [2.05, 4.69) is 0 Å². The van der Waals surface area contributed by atoms with Gasteiger partial charge in [0.25, 0.3) is 0 Å². The highest BCUT2D eigenvalue weighted by Gasteiger charge is 2.03. The van der Waals surface area contributed by atoms with E-state index in [1.165, 1.54) is 0 Å². The lowest BCUT2D eigenvalue weighted by Gasteiger charge is -2.07. The first-order valence-corrected chi connectivity index (χ1v) is 4.61. The van der Waals surface area contributed by atoms with E-state index >= 15 is 0 Å². The molecule has 2 aromatic carbocycles. The summed E-state index contributed by atoms with van der Waals surface area (Å²) in [5, 5.41) is 2.71. The second-order valence-corrected chi connectivity index (χ2v) is 3.53. The minimum absolute atomic E-state index is 0.691. The van der Waals surface area contributed by atoms with Crippen LogP contribution in [-0.4, -0.2) is 7.11 Å². The number of rotatable bonds is 1. The second kappa shape index (κ2) is 3.39. The molecule has 2 rings (SSSR count). The number of anilines is 1. The maximum absolute atomic E-state index is 5.90. The third-order valence-electron chi connectivity index (χ3n) is 2.12.